The molecule has 2 N–H and O–H groups in total. The smallest absolute Gasteiger partial charge is 0.317 e. The van der Waals surface area contributed by atoms with E-state index in [0.717, 1.165) is 25.8 Å². The zero-order chi connectivity index (χ0) is 13.5. The van der Waals surface area contributed by atoms with E-state index in [4.69, 9.17) is 4.74 Å². The van der Waals surface area contributed by atoms with Gasteiger partial charge in [0.05, 0.1) is 12.6 Å². The van der Waals surface area contributed by atoms with E-state index < -0.39 is 0 Å². The highest BCUT2D eigenvalue weighted by molar-refractivity contribution is 5.74. The van der Waals surface area contributed by atoms with Crippen molar-refractivity contribution in [3.63, 3.8) is 0 Å². The maximum absolute atomic E-state index is 12.0. The van der Waals surface area contributed by atoms with Crippen LogP contribution in [0.2, 0.25) is 0 Å². The highest BCUT2D eigenvalue weighted by atomic mass is 16.5. The Morgan fingerprint density at radius 3 is 3.26 bits per heavy atom. The number of methoxy groups -OCH3 is 1. The molecule has 0 spiro atoms. The summed E-state index contributed by atoms with van der Waals surface area (Å²) >= 11 is 0. The Hall–Kier alpha value is -1.70. The van der Waals surface area contributed by atoms with Crippen LogP contribution >= 0.6 is 0 Å². The minimum absolute atomic E-state index is 0.00679. The number of nitrogens with zero attached hydrogens (tertiary/aromatic N) is 4. The quantitative estimate of drug-likeness (QED) is 0.705. The molecule has 1 aliphatic heterocycles. The number of likely N-dealkylation sites (tertiary alicyclic amines) is 1. The molecule has 2 amide bonds. The topological polar surface area (TPSA) is 96.0 Å². The molecular formula is C11H20N6O2. The lowest BCUT2D eigenvalue weighted by atomic mass is 10.2. The molecule has 1 aromatic rings. The van der Waals surface area contributed by atoms with E-state index in [2.05, 4.69) is 25.9 Å². The van der Waals surface area contributed by atoms with Crippen molar-refractivity contribution in [3.05, 3.63) is 5.82 Å². The van der Waals surface area contributed by atoms with Crippen molar-refractivity contribution in [2.24, 2.45) is 0 Å². The molecule has 8 nitrogen and oxygen atoms in total. The fourth-order valence-electron chi connectivity index (χ4n) is 2.30. The van der Waals surface area contributed by atoms with Gasteiger partial charge in [-0.05, 0) is 19.3 Å². The Kier molecular flexibility index (Phi) is 5.08. The number of carbonyl (C=O) groups is 1. The number of aryl methyl sites for hydroxylation is 1. The Labute approximate surface area is 111 Å². The third-order valence-corrected chi connectivity index (χ3v) is 3.24. The van der Waals surface area contributed by atoms with Gasteiger partial charge in [0.15, 0.2) is 5.82 Å². The van der Waals surface area contributed by atoms with Crippen molar-refractivity contribution in [2.45, 2.75) is 31.7 Å². The van der Waals surface area contributed by atoms with E-state index in [9.17, 15) is 4.79 Å². The number of carbonyl (C=O) groups excluding carboxylic acids is 1. The molecular weight excluding hydrogens is 248 g/mol. The van der Waals surface area contributed by atoms with Gasteiger partial charge in [0.25, 0.3) is 0 Å². The summed E-state index contributed by atoms with van der Waals surface area (Å²) in [6.07, 6.45) is 3.57. The van der Waals surface area contributed by atoms with Crippen LogP contribution in [0.1, 0.15) is 25.1 Å². The van der Waals surface area contributed by atoms with Crippen molar-refractivity contribution in [1.29, 1.82) is 0 Å². The summed E-state index contributed by atoms with van der Waals surface area (Å²) in [5.41, 5.74) is 0. The lowest BCUT2D eigenvalue weighted by Gasteiger charge is -2.24. The number of aromatic amines is 1. The van der Waals surface area contributed by atoms with E-state index in [1.165, 1.54) is 0 Å². The minimum atomic E-state index is -0.00679. The van der Waals surface area contributed by atoms with Crippen LogP contribution in [-0.2, 0) is 11.2 Å². The first-order valence-electron chi connectivity index (χ1n) is 6.57. The number of H-pyrrole nitrogens is 1. The zero-order valence-electron chi connectivity index (χ0n) is 11.1. The first kappa shape index (κ1) is 13.7. The van der Waals surface area contributed by atoms with Crippen LogP contribution in [-0.4, -0.2) is 64.4 Å². The average molecular weight is 268 g/mol. The van der Waals surface area contributed by atoms with E-state index in [1.54, 1.807) is 7.11 Å². The fraction of sp³-hybridized carbons (Fsp3) is 0.818. The molecule has 0 aliphatic carbocycles. The van der Waals surface area contributed by atoms with Crippen LogP contribution in [0.25, 0.3) is 0 Å². The summed E-state index contributed by atoms with van der Waals surface area (Å²) < 4.78 is 5.13. The number of nitrogens with one attached hydrogen (secondary N) is 2. The Morgan fingerprint density at radius 1 is 1.63 bits per heavy atom. The van der Waals surface area contributed by atoms with Gasteiger partial charge >= 0.3 is 6.03 Å². The van der Waals surface area contributed by atoms with Crippen LogP contribution in [0.5, 0.6) is 0 Å². The van der Waals surface area contributed by atoms with Crippen LogP contribution in [0.4, 0.5) is 4.79 Å². The first-order chi connectivity index (χ1) is 9.31. The number of hydrogen-bond acceptors (Lipinski definition) is 5. The van der Waals surface area contributed by atoms with Crippen LogP contribution in [0.3, 0.4) is 0 Å². The van der Waals surface area contributed by atoms with Crippen molar-refractivity contribution >= 4 is 6.03 Å². The zero-order valence-corrected chi connectivity index (χ0v) is 11.1. The predicted octanol–water partition coefficient (Wildman–Crippen LogP) is -0.0473. The van der Waals surface area contributed by atoms with E-state index in [-0.39, 0.29) is 12.1 Å². The standard InChI is InChI=1S/C11H20N6O2/c1-19-8-9-4-3-7-17(9)11(18)12-6-2-5-10-13-15-16-14-10/h9H,2-8H2,1H3,(H,12,18)(H,13,14,15,16)/t9-/m0/s1. The minimum Gasteiger partial charge on any atom is -0.383 e. The molecule has 0 unspecified atom stereocenters. The van der Waals surface area contributed by atoms with Gasteiger partial charge in [-0.2, -0.15) is 5.21 Å². The molecule has 106 valence electrons. The van der Waals surface area contributed by atoms with Gasteiger partial charge < -0.3 is 15.0 Å². The second-order valence-electron chi connectivity index (χ2n) is 4.61. The lowest BCUT2D eigenvalue weighted by molar-refractivity contribution is 0.123. The van der Waals surface area contributed by atoms with Crippen molar-refractivity contribution in [3.8, 4) is 0 Å². The first-order valence-corrected chi connectivity index (χ1v) is 6.57. The van der Waals surface area contributed by atoms with Crippen molar-refractivity contribution < 1.29 is 9.53 Å². The van der Waals surface area contributed by atoms with Gasteiger partial charge in [0.1, 0.15) is 0 Å². The third kappa shape index (κ3) is 3.88. The van der Waals surface area contributed by atoms with E-state index >= 15 is 0 Å². The highest BCUT2D eigenvalue weighted by Gasteiger charge is 2.28. The number of hydrogen-bond donors (Lipinski definition) is 2. The molecule has 2 rings (SSSR count). The van der Waals surface area contributed by atoms with Crippen LogP contribution in [0, 0.1) is 0 Å². The maximum atomic E-state index is 12.0. The van der Waals surface area contributed by atoms with E-state index in [1.807, 2.05) is 4.90 Å². The summed E-state index contributed by atoms with van der Waals surface area (Å²) in [6.45, 7) is 2.03. The van der Waals surface area contributed by atoms with Gasteiger partial charge in [0.2, 0.25) is 0 Å². The fourth-order valence-corrected chi connectivity index (χ4v) is 2.30. The van der Waals surface area contributed by atoms with Crippen molar-refractivity contribution in [2.75, 3.05) is 26.8 Å². The average Bonchev–Trinajstić information content (AvgIpc) is 3.05. The van der Waals surface area contributed by atoms with Crippen LogP contribution in [0.15, 0.2) is 0 Å². The molecule has 1 aromatic heterocycles. The molecule has 1 saturated heterocycles. The monoisotopic (exact) mass is 268 g/mol. The molecule has 2 heterocycles. The predicted molar refractivity (Wildman–Crippen MR) is 67.5 cm³/mol. The summed E-state index contributed by atoms with van der Waals surface area (Å²) in [6, 6.07) is 0.204. The second kappa shape index (κ2) is 7.03. The molecule has 8 heteroatoms. The van der Waals surface area contributed by atoms with E-state index in [0.29, 0.717) is 25.4 Å². The Morgan fingerprint density at radius 2 is 2.53 bits per heavy atom. The Balaban J connectivity index is 1.66. The Bertz CT molecular complexity index is 383. The van der Waals surface area contributed by atoms with Crippen LogP contribution < -0.4 is 5.32 Å². The van der Waals surface area contributed by atoms with Gasteiger partial charge in [-0.15, -0.1) is 10.2 Å². The molecule has 1 aliphatic rings. The number of urea groups is 1. The molecule has 0 aromatic carbocycles. The normalized spacial score (nSPS) is 18.8. The number of ether oxygens (including phenoxy) is 1. The summed E-state index contributed by atoms with van der Waals surface area (Å²) in [4.78, 5) is 13.9. The van der Waals surface area contributed by atoms with Gasteiger partial charge in [-0.3, -0.25) is 0 Å². The number of tetrazole rings is 1. The lowest BCUT2D eigenvalue weighted by Crippen LogP contribution is -2.44. The third-order valence-electron chi connectivity index (χ3n) is 3.24. The van der Waals surface area contributed by atoms with Gasteiger partial charge in [-0.1, -0.05) is 5.21 Å². The largest absolute Gasteiger partial charge is 0.383 e. The second-order valence-corrected chi connectivity index (χ2v) is 4.61. The molecule has 1 fully saturated rings. The molecule has 19 heavy (non-hydrogen) atoms. The number of aromatic nitrogens is 4. The van der Waals surface area contributed by atoms with Crippen molar-refractivity contribution in [1.82, 2.24) is 30.8 Å². The molecule has 0 bridgehead atoms. The van der Waals surface area contributed by atoms with Gasteiger partial charge in [0, 0.05) is 26.6 Å². The SMILES string of the molecule is COC[C@@H]1CCCN1C(=O)NCCCc1nn[nH]n1. The summed E-state index contributed by atoms with van der Waals surface area (Å²) in [7, 11) is 1.67. The maximum Gasteiger partial charge on any atom is 0.317 e. The summed E-state index contributed by atoms with van der Waals surface area (Å²) in [5, 5.41) is 16.5. The molecule has 0 radical (unpaired) electrons. The summed E-state index contributed by atoms with van der Waals surface area (Å²) in [5.74, 6) is 0.674. The number of rotatable bonds is 6. The number of amides is 2. The molecule has 1 atom stereocenters. The molecule has 0 saturated carbocycles. The highest BCUT2D eigenvalue weighted by Crippen LogP contribution is 2.17. The van der Waals surface area contributed by atoms with Gasteiger partial charge in [-0.25, -0.2) is 4.79 Å².